The van der Waals surface area contributed by atoms with Crippen LogP contribution < -0.4 is 5.32 Å². The molecule has 1 atom stereocenters. The van der Waals surface area contributed by atoms with E-state index in [-0.39, 0.29) is 30.0 Å². The van der Waals surface area contributed by atoms with Crippen molar-refractivity contribution < 1.29 is 14.3 Å². The van der Waals surface area contributed by atoms with E-state index in [0.717, 1.165) is 53.3 Å². The van der Waals surface area contributed by atoms with Crippen LogP contribution in [0.4, 0.5) is 4.79 Å². The molecule has 156 valence electrons. The van der Waals surface area contributed by atoms with Gasteiger partial charge in [0.15, 0.2) is 5.54 Å². The molecule has 2 aromatic carbocycles. The molecule has 2 aliphatic carbocycles. The van der Waals surface area contributed by atoms with Crippen LogP contribution in [-0.4, -0.2) is 30.1 Å². The molecule has 2 fully saturated rings. The average molecular weight is 469 g/mol. The number of carbonyl (C=O) groups is 2. The van der Waals surface area contributed by atoms with Gasteiger partial charge in [-0.2, -0.15) is 0 Å². The van der Waals surface area contributed by atoms with Gasteiger partial charge in [0.05, 0.1) is 12.6 Å². The fourth-order valence-corrected chi connectivity index (χ4v) is 6.15. The molecule has 0 aromatic heterocycles. The second-order valence-corrected chi connectivity index (χ2v) is 9.67. The summed E-state index contributed by atoms with van der Waals surface area (Å²) in [6.07, 6.45) is 4.52. The Morgan fingerprint density at radius 1 is 1.13 bits per heavy atom. The number of imide groups is 1. The van der Waals surface area contributed by atoms with E-state index in [2.05, 4.69) is 27.3 Å². The lowest BCUT2D eigenvalue weighted by molar-refractivity contribution is -0.139. The highest BCUT2D eigenvalue weighted by molar-refractivity contribution is 9.10. The number of benzene rings is 2. The van der Waals surface area contributed by atoms with Crippen molar-refractivity contribution in [3.8, 4) is 0 Å². The first-order valence-corrected chi connectivity index (χ1v) is 11.3. The number of carbonyl (C=O) groups excluding carboxylic acids is 2. The van der Waals surface area contributed by atoms with E-state index >= 15 is 0 Å². The minimum absolute atomic E-state index is 0.121. The number of hydrogen-bond donors (Lipinski definition) is 1. The smallest absolute Gasteiger partial charge is 0.325 e. The van der Waals surface area contributed by atoms with Crippen LogP contribution in [0.25, 0.3) is 0 Å². The molecule has 1 saturated carbocycles. The molecule has 5 nitrogen and oxygen atoms in total. The molecule has 3 amide bonds. The summed E-state index contributed by atoms with van der Waals surface area (Å²) in [6, 6.07) is 15.5. The summed E-state index contributed by atoms with van der Waals surface area (Å²) in [5.74, 6) is -0.121. The van der Waals surface area contributed by atoms with E-state index in [1.54, 1.807) is 7.11 Å². The molecule has 5 rings (SSSR count). The van der Waals surface area contributed by atoms with Crippen molar-refractivity contribution in [2.75, 3.05) is 7.11 Å². The maximum absolute atomic E-state index is 14.0. The Morgan fingerprint density at radius 3 is 2.57 bits per heavy atom. The molecule has 0 radical (unpaired) electrons. The van der Waals surface area contributed by atoms with Gasteiger partial charge in [0.2, 0.25) is 0 Å². The minimum Gasteiger partial charge on any atom is -0.381 e. The number of nitrogens with one attached hydrogen (secondary N) is 1. The van der Waals surface area contributed by atoms with Crippen LogP contribution >= 0.6 is 15.9 Å². The van der Waals surface area contributed by atoms with Crippen LogP contribution in [0.15, 0.2) is 53.0 Å². The normalized spacial score (nSPS) is 30.2. The SMILES string of the molecule is COC1CCC2(CC1)Cc1ccc(Br)cc1C21NC(=O)N(Cc2ccccc2)C1=O. The summed E-state index contributed by atoms with van der Waals surface area (Å²) in [4.78, 5) is 28.6. The van der Waals surface area contributed by atoms with Crippen LogP contribution in [0.1, 0.15) is 42.4 Å². The Bertz CT molecular complexity index is 1000. The van der Waals surface area contributed by atoms with Crippen molar-refractivity contribution in [1.29, 1.82) is 0 Å². The van der Waals surface area contributed by atoms with E-state index in [9.17, 15) is 9.59 Å². The van der Waals surface area contributed by atoms with E-state index in [1.807, 2.05) is 42.5 Å². The highest BCUT2D eigenvalue weighted by atomic mass is 79.9. The minimum atomic E-state index is -1.00. The van der Waals surface area contributed by atoms with Gasteiger partial charge in [-0.15, -0.1) is 0 Å². The predicted molar refractivity (Wildman–Crippen MR) is 117 cm³/mol. The number of fused-ring (bicyclic) bond motifs is 3. The van der Waals surface area contributed by atoms with Crippen molar-refractivity contribution in [2.45, 2.75) is 50.3 Å². The maximum atomic E-state index is 14.0. The third-order valence-electron chi connectivity index (χ3n) is 7.31. The van der Waals surface area contributed by atoms with Crippen LogP contribution in [0, 0.1) is 5.41 Å². The molecular weight excluding hydrogens is 444 g/mol. The average Bonchev–Trinajstić information content (AvgIpc) is 3.16. The topological polar surface area (TPSA) is 58.6 Å². The van der Waals surface area contributed by atoms with Crippen LogP contribution in [0.5, 0.6) is 0 Å². The molecular formula is C24H25BrN2O3. The lowest BCUT2D eigenvalue weighted by atomic mass is 9.61. The summed E-state index contributed by atoms with van der Waals surface area (Å²) < 4.78 is 6.52. The third-order valence-corrected chi connectivity index (χ3v) is 7.81. The number of halogens is 1. The van der Waals surface area contributed by atoms with Gasteiger partial charge in [-0.05, 0) is 60.9 Å². The maximum Gasteiger partial charge on any atom is 0.325 e. The molecule has 2 aromatic rings. The molecule has 2 spiro atoms. The highest BCUT2D eigenvalue weighted by Gasteiger charge is 2.68. The van der Waals surface area contributed by atoms with Gasteiger partial charge >= 0.3 is 6.03 Å². The first-order chi connectivity index (χ1) is 14.5. The van der Waals surface area contributed by atoms with E-state index in [0.29, 0.717) is 0 Å². The van der Waals surface area contributed by atoms with Gasteiger partial charge in [0.25, 0.3) is 5.91 Å². The van der Waals surface area contributed by atoms with Crippen molar-refractivity contribution in [3.63, 3.8) is 0 Å². The van der Waals surface area contributed by atoms with Gasteiger partial charge in [0.1, 0.15) is 0 Å². The fourth-order valence-electron chi connectivity index (χ4n) is 5.79. The third kappa shape index (κ3) is 2.77. The Hall–Kier alpha value is -2.18. The second-order valence-electron chi connectivity index (χ2n) is 8.75. The predicted octanol–water partition coefficient (Wildman–Crippen LogP) is 4.53. The molecule has 1 N–H and O–H groups in total. The first kappa shape index (κ1) is 19.8. The zero-order chi connectivity index (χ0) is 20.9. The van der Waals surface area contributed by atoms with Gasteiger partial charge in [-0.1, -0.05) is 52.3 Å². The van der Waals surface area contributed by atoms with Crippen LogP contribution in [-0.2, 0) is 28.0 Å². The van der Waals surface area contributed by atoms with Crippen molar-refractivity contribution >= 4 is 27.9 Å². The lowest BCUT2D eigenvalue weighted by Gasteiger charge is -2.46. The van der Waals surface area contributed by atoms with Crippen molar-refractivity contribution in [2.24, 2.45) is 5.41 Å². The molecule has 6 heteroatoms. The molecule has 0 bridgehead atoms. The number of rotatable bonds is 3. The molecule has 3 aliphatic rings. The van der Waals surface area contributed by atoms with E-state index < -0.39 is 5.54 Å². The van der Waals surface area contributed by atoms with Crippen molar-refractivity contribution in [3.05, 3.63) is 69.7 Å². The highest BCUT2D eigenvalue weighted by Crippen LogP contribution is 2.60. The number of nitrogens with zero attached hydrogens (tertiary/aromatic N) is 1. The summed E-state index contributed by atoms with van der Waals surface area (Å²) >= 11 is 3.57. The Labute approximate surface area is 184 Å². The quantitative estimate of drug-likeness (QED) is 0.673. The second kappa shape index (κ2) is 7.20. The van der Waals surface area contributed by atoms with Crippen LogP contribution in [0.2, 0.25) is 0 Å². The fraction of sp³-hybridized carbons (Fsp3) is 0.417. The summed E-state index contributed by atoms with van der Waals surface area (Å²) in [5.41, 5.74) is 1.73. The van der Waals surface area contributed by atoms with E-state index in [4.69, 9.17) is 4.74 Å². The van der Waals surface area contributed by atoms with Gasteiger partial charge in [-0.3, -0.25) is 9.69 Å². The molecule has 30 heavy (non-hydrogen) atoms. The molecule has 1 saturated heterocycles. The Balaban J connectivity index is 1.59. The van der Waals surface area contributed by atoms with Gasteiger partial charge in [0, 0.05) is 17.0 Å². The Kier molecular flexibility index (Phi) is 4.75. The largest absolute Gasteiger partial charge is 0.381 e. The number of ether oxygens (including phenoxy) is 1. The number of hydrogen-bond acceptors (Lipinski definition) is 3. The van der Waals surface area contributed by atoms with Gasteiger partial charge in [-0.25, -0.2) is 4.79 Å². The summed E-state index contributed by atoms with van der Waals surface area (Å²) in [5, 5.41) is 3.20. The standard InChI is InChI=1S/C24H25BrN2O3/c1-30-19-9-11-23(12-10-19)14-17-7-8-18(25)13-20(17)24(23)21(28)27(22(29)26-24)15-16-5-3-2-4-6-16/h2-8,13,19H,9-12,14-15H2,1H3,(H,26,29). The summed E-state index contributed by atoms with van der Waals surface area (Å²) in [7, 11) is 1.75. The summed E-state index contributed by atoms with van der Waals surface area (Å²) in [6.45, 7) is 0.285. The van der Waals surface area contributed by atoms with Gasteiger partial charge < -0.3 is 10.1 Å². The zero-order valence-corrected chi connectivity index (χ0v) is 18.6. The Morgan fingerprint density at radius 2 is 1.87 bits per heavy atom. The molecule has 1 aliphatic heterocycles. The number of methoxy groups -OCH3 is 1. The van der Waals surface area contributed by atoms with Crippen molar-refractivity contribution in [1.82, 2.24) is 10.2 Å². The lowest BCUT2D eigenvalue weighted by Crippen LogP contribution is -2.56. The monoisotopic (exact) mass is 468 g/mol. The molecule has 1 heterocycles. The van der Waals surface area contributed by atoms with E-state index in [1.165, 1.54) is 4.90 Å². The van der Waals surface area contributed by atoms with Crippen LogP contribution in [0.3, 0.4) is 0 Å². The zero-order valence-electron chi connectivity index (χ0n) is 17.0. The molecule has 1 unspecified atom stereocenters. The first-order valence-electron chi connectivity index (χ1n) is 10.5. The number of urea groups is 1. The number of amides is 3.